The van der Waals surface area contributed by atoms with E-state index in [1.807, 2.05) is 37.3 Å². The molecular formula is C21H23N3O2S. The zero-order chi connectivity index (χ0) is 19.0. The molecule has 0 unspecified atom stereocenters. The molecule has 0 saturated heterocycles. The quantitative estimate of drug-likeness (QED) is 0.693. The fourth-order valence-corrected chi connectivity index (χ4v) is 5.16. The largest absolute Gasteiger partial charge is 0.311 e. The third-order valence-electron chi connectivity index (χ3n) is 5.27. The van der Waals surface area contributed by atoms with E-state index in [9.17, 15) is 9.59 Å². The van der Waals surface area contributed by atoms with Crippen molar-refractivity contribution in [2.45, 2.75) is 39.7 Å². The number of likely N-dealkylation sites (N-methyl/N-ethyl adjacent to an activating group) is 1. The lowest BCUT2D eigenvalue weighted by Crippen LogP contribution is -2.36. The van der Waals surface area contributed by atoms with Crippen LogP contribution in [-0.2, 0) is 24.2 Å². The van der Waals surface area contributed by atoms with Crippen molar-refractivity contribution in [3.05, 3.63) is 57.5 Å². The number of hydrogen-bond donors (Lipinski definition) is 0. The molecule has 1 aliphatic rings. The topological polar surface area (TPSA) is 55.2 Å². The molecule has 1 atom stereocenters. The second-order valence-corrected chi connectivity index (χ2v) is 8.27. The lowest BCUT2D eigenvalue weighted by Gasteiger charge is -2.21. The number of benzene rings is 1. The van der Waals surface area contributed by atoms with E-state index in [2.05, 4.69) is 11.9 Å². The van der Waals surface area contributed by atoms with E-state index in [1.54, 1.807) is 16.2 Å². The Balaban J connectivity index is 1.67. The van der Waals surface area contributed by atoms with Gasteiger partial charge in [0.1, 0.15) is 11.4 Å². The van der Waals surface area contributed by atoms with Gasteiger partial charge in [0.15, 0.2) is 0 Å². The Morgan fingerprint density at radius 2 is 2.11 bits per heavy atom. The van der Waals surface area contributed by atoms with Gasteiger partial charge in [0.05, 0.1) is 11.7 Å². The van der Waals surface area contributed by atoms with Crippen molar-refractivity contribution in [1.29, 1.82) is 0 Å². The molecule has 0 fully saturated rings. The van der Waals surface area contributed by atoms with Gasteiger partial charge in [-0.2, -0.15) is 0 Å². The molecule has 6 heteroatoms. The Morgan fingerprint density at radius 1 is 1.33 bits per heavy atom. The highest BCUT2D eigenvalue weighted by Crippen LogP contribution is 2.35. The first kappa shape index (κ1) is 17.9. The van der Waals surface area contributed by atoms with E-state index in [0.29, 0.717) is 12.5 Å². The van der Waals surface area contributed by atoms with Crippen LogP contribution in [0.4, 0.5) is 5.69 Å². The number of hydrogen-bond acceptors (Lipinski definition) is 4. The van der Waals surface area contributed by atoms with E-state index in [1.165, 1.54) is 15.8 Å². The third kappa shape index (κ3) is 3.30. The number of rotatable bonds is 4. The molecule has 27 heavy (non-hydrogen) atoms. The minimum atomic E-state index is -0.107. The summed E-state index contributed by atoms with van der Waals surface area (Å²) in [5.41, 5.74) is 1.90. The van der Waals surface area contributed by atoms with Gasteiger partial charge < -0.3 is 4.90 Å². The van der Waals surface area contributed by atoms with Crippen LogP contribution in [0.25, 0.3) is 10.2 Å². The molecule has 0 bridgehead atoms. The van der Waals surface area contributed by atoms with Crippen molar-refractivity contribution in [3.63, 3.8) is 0 Å². The van der Waals surface area contributed by atoms with Crippen molar-refractivity contribution in [1.82, 2.24) is 9.55 Å². The molecule has 1 aromatic carbocycles. The Hall–Kier alpha value is -2.47. The molecule has 1 aliphatic carbocycles. The first-order chi connectivity index (χ1) is 13.1. The molecule has 4 rings (SSSR count). The van der Waals surface area contributed by atoms with Crippen molar-refractivity contribution < 1.29 is 4.79 Å². The molecule has 5 nitrogen and oxygen atoms in total. The Kier molecular flexibility index (Phi) is 4.83. The summed E-state index contributed by atoms with van der Waals surface area (Å²) in [4.78, 5) is 34.2. The van der Waals surface area contributed by atoms with E-state index in [4.69, 9.17) is 0 Å². The van der Waals surface area contributed by atoms with Gasteiger partial charge in [-0.05, 0) is 49.8 Å². The van der Waals surface area contributed by atoms with Gasteiger partial charge in [-0.3, -0.25) is 14.2 Å². The molecule has 0 radical (unpaired) electrons. The number of nitrogens with zero attached hydrogens (tertiary/aromatic N) is 3. The van der Waals surface area contributed by atoms with Crippen LogP contribution in [0.5, 0.6) is 0 Å². The minimum absolute atomic E-state index is 0.00549. The van der Waals surface area contributed by atoms with E-state index in [0.717, 1.165) is 40.7 Å². The fraction of sp³-hybridized carbons (Fsp3) is 0.381. The molecule has 0 N–H and O–H groups in total. The average molecular weight is 382 g/mol. The maximum Gasteiger partial charge on any atom is 0.262 e. The summed E-state index contributed by atoms with van der Waals surface area (Å²) in [5, 5.41) is 0.722. The van der Waals surface area contributed by atoms with Crippen LogP contribution in [0.2, 0.25) is 0 Å². The minimum Gasteiger partial charge on any atom is -0.311 e. The Bertz CT molecular complexity index is 1040. The Labute approximate surface area is 162 Å². The molecule has 2 heterocycles. The summed E-state index contributed by atoms with van der Waals surface area (Å²) >= 11 is 1.63. The molecular weight excluding hydrogens is 358 g/mol. The standard InChI is InChI=1S/C21H23N3O2S/c1-3-24(15-7-5-4-6-8-15)18(25)12-23-13-22-20-19(21(23)26)16-10-9-14(2)11-17(16)27-20/h4-8,13-14H,3,9-12H2,1-2H3/t14-/m0/s1. The maximum atomic E-state index is 13.1. The number of carbonyl (C=O) groups is 1. The third-order valence-corrected chi connectivity index (χ3v) is 6.44. The summed E-state index contributed by atoms with van der Waals surface area (Å²) < 4.78 is 1.46. The normalized spacial score (nSPS) is 16.3. The number of carbonyl (C=O) groups excluding carboxylic acids is 1. The van der Waals surface area contributed by atoms with Crippen LogP contribution < -0.4 is 10.5 Å². The van der Waals surface area contributed by atoms with Gasteiger partial charge in [-0.1, -0.05) is 25.1 Å². The number of para-hydroxylation sites is 1. The summed E-state index contributed by atoms with van der Waals surface area (Å²) in [7, 11) is 0. The highest BCUT2D eigenvalue weighted by molar-refractivity contribution is 7.18. The van der Waals surface area contributed by atoms with E-state index >= 15 is 0 Å². The highest BCUT2D eigenvalue weighted by atomic mass is 32.1. The monoisotopic (exact) mass is 381 g/mol. The van der Waals surface area contributed by atoms with Gasteiger partial charge >= 0.3 is 0 Å². The smallest absolute Gasteiger partial charge is 0.262 e. The second kappa shape index (κ2) is 7.27. The number of aryl methyl sites for hydroxylation is 1. The van der Waals surface area contributed by atoms with E-state index < -0.39 is 0 Å². The predicted octanol–water partition coefficient (Wildman–Crippen LogP) is 3.64. The number of fused-ring (bicyclic) bond motifs is 3. The predicted molar refractivity (Wildman–Crippen MR) is 110 cm³/mol. The van der Waals surface area contributed by atoms with Crippen molar-refractivity contribution in [3.8, 4) is 0 Å². The molecule has 3 aromatic rings. The van der Waals surface area contributed by atoms with Gasteiger partial charge in [0.25, 0.3) is 5.56 Å². The number of anilines is 1. The first-order valence-corrected chi connectivity index (χ1v) is 10.2. The number of thiophene rings is 1. The van der Waals surface area contributed by atoms with Crippen molar-refractivity contribution in [2.75, 3.05) is 11.4 Å². The summed E-state index contributed by atoms with van der Waals surface area (Å²) in [6.45, 7) is 4.75. The van der Waals surface area contributed by atoms with Crippen LogP contribution in [0.1, 0.15) is 30.7 Å². The SMILES string of the molecule is CCN(C(=O)Cn1cnc2sc3c(c2c1=O)CC[C@H](C)C3)c1ccccc1. The Morgan fingerprint density at radius 3 is 2.85 bits per heavy atom. The summed E-state index contributed by atoms with van der Waals surface area (Å²) in [6.07, 6.45) is 4.57. The van der Waals surface area contributed by atoms with Gasteiger partial charge in [-0.15, -0.1) is 11.3 Å². The second-order valence-electron chi connectivity index (χ2n) is 7.18. The maximum absolute atomic E-state index is 13.1. The molecule has 0 aliphatic heterocycles. The lowest BCUT2D eigenvalue weighted by molar-refractivity contribution is -0.119. The zero-order valence-electron chi connectivity index (χ0n) is 15.6. The van der Waals surface area contributed by atoms with Crippen LogP contribution >= 0.6 is 11.3 Å². The highest BCUT2D eigenvalue weighted by Gasteiger charge is 2.24. The number of aromatic nitrogens is 2. The fourth-order valence-electron chi connectivity index (χ4n) is 3.82. The first-order valence-electron chi connectivity index (χ1n) is 9.43. The zero-order valence-corrected chi connectivity index (χ0v) is 16.5. The summed E-state index contributed by atoms with van der Waals surface area (Å²) in [5.74, 6) is 0.544. The average Bonchev–Trinajstić information content (AvgIpc) is 3.03. The van der Waals surface area contributed by atoms with Crippen LogP contribution in [0.3, 0.4) is 0 Å². The van der Waals surface area contributed by atoms with Crippen LogP contribution in [-0.4, -0.2) is 22.0 Å². The molecule has 140 valence electrons. The van der Waals surface area contributed by atoms with Crippen molar-refractivity contribution in [2.24, 2.45) is 5.92 Å². The lowest BCUT2D eigenvalue weighted by atomic mass is 9.89. The van der Waals surface area contributed by atoms with E-state index in [-0.39, 0.29) is 18.0 Å². The van der Waals surface area contributed by atoms with Crippen LogP contribution in [0.15, 0.2) is 41.5 Å². The number of amides is 1. The molecule has 1 amide bonds. The molecule has 2 aromatic heterocycles. The molecule has 0 spiro atoms. The van der Waals surface area contributed by atoms with Crippen molar-refractivity contribution >= 4 is 33.1 Å². The van der Waals surface area contributed by atoms with Gasteiger partial charge in [0.2, 0.25) is 5.91 Å². The summed E-state index contributed by atoms with van der Waals surface area (Å²) in [6, 6.07) is 9.54. The van der Waals surface area contributed by atoms with Crippen LogP contribution in [0, 0.1) is 5.92 Å². The van der Waals surface area contributed by atoms with Gasteiger partial charge in [0, 0.05) is 17.1 Å². The van der Waals surface area contributed by atoms with Gasteiger partial charge in [-0.25, -0.2) is 4.98 Å². The molecule has 0 saturated carbocycles.